The molecule has 178 valence electrons. The molecule has 0 atom stereocenters. The summed E-state index contributed by atoms with van der Waals surface area (Å²) in [7, 11) is 1.14. The van der Waals surface area contributed by atoms with E-state index >= 15 is 4.39 Å². The van der Waals surface area contributed by atoms with Crippen molar-refractivity contribution >= 4 is 9.52 Å². The normalized spacial score (nSPS) is 25.8. The lowest BCUT2D eigenvalue weighted by Crippen LogP contribution is -2.14. The second-order valence-corrected chi connectivity index (χ2v) is 12.4. The van der Waals surface area contributed by atoms with Crippen molar-refractivity contribution in [3.63, 3.8) is 0 Å². The van der Waals surface area contributed by atoms with Gasteiger partial charge in [-0.15, -0.1) is 0 Å². The lowest BCUT2D eigenvalue weighted by atomic mass is 9.77. The Labute approximate surface area is 204 Å². The minimum Gasteiger partial charge on any atom is -0.206 e. The summed E-state index contributed by atoms with van der Waals surface area (Å²) in [5, 5.41) is 0. The molecule has 0 aliphatic heterocycles. The Morgan fingerprint density at radius 3 is 1.88 bits per heavy atom. The SMILES string of the molecule is CCCC1CCC(c2ccc(-c3ccc(C4CCC(CC[Si]CC)CC4)cc3F)cc2)CC1. The van der Waals surface area contributed by atoms with Gasteiger partial charge in [-0.25, -0.2) is 4.39 Å². The van der Waals surface area contributed by atoms with Crippen LogP contribution in [-0.2, 0) is 0 Å². The predicted molar refractivity (Wildman–Crippen MR) is 142 cm³/mol. The summed E-state index contributed by atoms with van der Waals surface area (Å²) in [5.74, 6) is 3.03. The summed E-state index contributed by atoms with van der Waals surface area (Å²) in [6.07, 6.45) is 14.6. The Morgan fingerprint density at radius 2 is 1.30 bits per heavy atom. The minimum absolute atomic E-state index is 0.0495. The summed E-state index contributed by atoms with van der Waals surface area (Å²) >= 11 is 0. The monoisotopic (exact) mass is 462 g/mol. The Morgan fingerprint density at radius 1 is 0.727 bits per heavy atom. The number of hydrogen-bond donors (Lipinski definition) is 0. The molecule has 0 N–H and O–H groups in total. The molecular formula is C31H43FSi. The standard InChI is InChI=1S/C31H43FSi/c1-3-5-23-6-10-25(11-7-23)26-14-16-28(17-15-26)30-19-18-29(22-31(30)32)27-12-8-24(9-13-27)20-21-33-4-2/h14-19,22-25,27H,3-13,20-21H2,1-2H3. The van der Waals surface area contributed by atoms with E-state index in [1.807, 2.05) is 12.1 Å². The first kappa shape index (κ1) is 24.7. The Balaban J connectivity index is 1.34. The molecule has 2 heteroatoms. The zero-order valence-electron chi connectivity index (χ0n) is 20.9. The minimum atomic E-state index is -0.0495. The van der Waals surface area contributed by atoms with Crippen LogP contribution in [0.4, 0.5) is 4.39 Å². The van der Waals surface area contributed by atoms with Crippen LogP contribution in [0.15, 0.2) is 42.5 Å². The van der Waals surface area contributed by atoms with E-state index in [1.54, 1.807) is 0 Å². The quantitative estimate of drug-likeness (QED) is 0.257. The van der Waals surface area contributed by atoms with E-state index in [2.05, 4.69) is 44.2 Å². The average Bonchev–Trinajstić information content (AvgIpc) is 2.85. The third-order valence-corrected chi connectivity index (χ3v) is 9.67. The van der Waals surface area contributed by atoms with Gasteiger partial charge in [-0.2, -0.15) is 0 Å². The van der Waals surface area contributed by atoms with Gasteiger partial charge in [0.15, 0.2) is 0 Å². The molecule has 2 aromatic rings. The summed E-state index contributed by atoms with van der Waals surface area (Å²) in [6.45, 7) is 4.60. The van der Waals surface area contributed by atoms with Gasteiger partial charge in [0.25, 0.3) is 0 Å². The highest BCUT2D eigenvalue weighted by molar-refractivity contribution is 6.35. The van der Waals surface area contributed by atoms with Crippen molar-refractivity contribution in [1.29, 1.82) is 0 Å². The molecule has 0 aromatic heterocycles. The summed E-state index contributed by atoms with van der Waals surface area (Å²) in [5.41, 5.74) is 4.43. The molecular weight excluding hydrogens is 419 g/mol. The third kappa shape index (κ3) is 6.59. The summed E-state index contributed by atoms with van der Waals surface area (Å²) in [6, 6.07) is 17.6. The molecule has 2 aromatic carbocycles. The van der Waals surface area contributed by atoms with E-state index in [0.29, 0.717) is 11.8 Å². The van der Waals surface area contributed by atoms with E-state index < -0.39 is 0 Å². The van der Waals surface area contributed by atoms with Gasteiger partial charge in [-0.1, -0.05) is 81.6 Å². The molecule has 2 radical (unpaired) electrons. The van der Waals surface area contributed by atoms with Crippen LogP contribution in [0.2, 0.25) is 12.1 Å². The molecule has 0 amide bonds. The van der Waals surface area contributed by atoms with Crippen molar-refractivity contribution in [3.8, 4) is 11.1 Å². The molecule has 33 heavy (non-hydrogen) atoms. The van der Waals surface area contributed by atoms with E-state index in [1.165, 1.54) is 93.8 Å². The van der Waals surface area contributed by atoms with E-state index in [-0.39, 0.29) is 5.82 Å². The average molecular weight is 463 g/mol. The van der Waals surface area contributed by atoms with Crippen LogP contribution >= 0.6 is 0 Å². The van der Waals surface area contributed by atoms with Gasteiger partial charge >= 0.3 is 0 Å². The molecule has 0 spiro atoms. The fourth-order valence-corrected chi connectivity index (χ4v) is 7.38. The molecule has 0 bridgehead atoms. The van der Waals surface area contributed by atoms with Crippen LogP contribution in [0.3, 0.4) is 0 Å². The highest BCUT2D eigenvalue weighted by atomic mass is 28.2. The highest BCUT2D eigenvalue weighted by Crippen LogP contribution is 2.40. The van der Waals surface area contributed by atoms with Crippen molar-refractivity contribution in [1.82, 2.24) is 0 Å². The molecule has 2 saturated carbocycles. The second-order valence-electron chi connectivity index (χ2n) is 10.7. The molecule has 4 rings (SSSR count). The lowest BCUT2D eigenvalue weighted by Gasteiger charge is -2.29. The highest BCUT2D eigenvalue weighted by Gasteiger charge is 2.24. The Kier molecular flexibility index (Phi) is 9.24. The second kappa shape index (κ2) is 12.3. The Bertz CT molecular complexity index is 842. The maximum absolute atomic E-state index is 15.1. The first-order valence-corrected chi connectivity index (χ1v) is 15.2. The van der Waals surface area contributed by atoms with Gasteiger partial charge in [0, 0.05) is 15.1 Å². The van der Waals surface area contributed by atoms with Crippen LogP contribution in [0.1, 0.15) is 107 Å². The molecule has 0 nitrogen and oxygen atoms in total. The van der Waals surface area contributed by atoms with Gasteiger partial charge in [0.2, 0.25) is 0 Å². The van der Waals surface area contributed by atoms with Crippen molar-refractivity contribution < 1.29 is 4.39 Å². The molecule has 0 saturated heterocycles. The van der Waals surface area contributed by atoms with Crippen LogP contribution in [0, 0.1) is 17.7 Å². The van der Waals surface area contributed by atoms with Gasteiger partial charge in [-0.3, -0.25) is 0 Å². The molecule has 2 aliphatic rings. The first-order valence-electron chi connectivity index (χ1n) is 13.8. The topological polar surface area (TPSA) is 0 Å². The summed E-state index contributed by atoms with van der Waals surface area (Å²) in [4.78, 5) is 0. The largest absolute Gasteiger partial charge is 0.206 e. The van der Waals surface area contributed by atoms with Crippen molar-refractivity contribution in [2.75, 3.05) is 0 Å². The lowest BCUT2D eigenvalue weighted by molar-refractivity contribution is 0.308. The van der Waals surface area contributed by atoms with Crippen molar-refractivity contribution in [3.05, 3.63) is 59.4 Å². The van der Waals surface area contributed by atoms with Gasteiger partial charge in [0.05, 0.1) is 0 Å². The van der Waals surface area contributed by atoms with Gasteiger partial charge in [-0.05, 0) is 97.8 Å². The maximum Gasteiger partial charge on any atom is 0.131 e. The van der Waals surface area contributed by atoms with Crippen LogP contribution in [-0.4, -0.2) is 9.52 Å². The fraction of sp³-hybridized carbons (Fsp3) is 0.613. The van der Waals surface area contributed by atoms with Gasteiger partial charge < -0.3 is 0 Å². The first-order chi connectivity index (χ1) is 16.2. The fourth-order valence-electron chi connectivity index (χ4n) is 6.41. The van der Waals surface area contributed by atoms with E-state index in [0.717, 1.165) is 32.5 Å². The molecule has 0 unspecified atom stereocenters. The van der Waals surface area contributed by atoms with Crippen LogP contribution < -0.4 is 0 Å². The van der Waals surface area contributed by atoms with Crippen LogP contribution in [0.5, 0.6) is 0 Å². The third-order valence-electron chi connectivity index (χ3n) is 8.53. The Hall–Kier alpha value is -1.41. The zero-order valence-corrected chi connectivity index (χ0v) is 21.9. The smallest absolute Gasteiger partial charge is 0.131 e. The van der Waals surface area contributed by atoms with Crippen molar-refractivity contribution in [2.45, 2.75) is 108 Å². The van der Waals surface area contributed by atoms with E-state index in [9.17, 15) is 0 Å². The molecule has 0 heterocycles. The number of rotatable bonds is 9. The number of hydrogen-bond acceptors (Lipinski definition) is 0. The van der Waals surface area contributed by atoms with E-state index in [4.69, 9.17) is 0 Å². The van der Waals surface area contributed by atoms with Crippen molar-refractivity contribution in [2.24, 2.45) is 11.8 Å². The van der Waals surface area contributed by atoms with Gasteiger partial charge in [0.1, 0.15) is 5.82 Å². The number of benzene rings is 2. The molecule has 2 aliphatic carbocycles. The number of halogens is 1. The zero-order chi connectivity index (χ0) is 23.0. The maximum atomic E-state index is 15.1. The summed E-state index contributed by atoms with van der Waals surface area (Å²) < 4.78 is 15.1. The molecule has 2 fully saturated rings. The van der Waals surface area contributed by atoms with Crippen LogP contribution in [0.25, 0.3) is 11.1 Å². The predicted octanol–water partition coefficient (Wildman–Crippen LogP) is 9.79.